The van der Waals surface area contributed by atoms with Crippen LogP contribution in [0.4, 0.5) is 0 Å². The van der Waals surface area contributed by atoms with Crippen LogP contribution >= 0.6 is 0 Å². The summed E-state index contributed by atoms with van der Waals surface area (Å²) in [6.45, 7) is 31.3. The van der Waals surface area contributed by atoms with E-state index in [0.717, 1.165) is 69.7 Å². The molecule has 0 spiro atoms. The number of ether oxygens (including phenoxy) is 4. The second-order valence-corrected chi connectivity index (χ2v) is 16.4. The first-order chi connectivity index (χ1) is 21.1. The molecule has 0 aliphatic carbocycles. The van der Waals surface area contributed by atoms with E-state index in [4.69, 9.17) is 18.9 Å². The quantitative estimate of drug-likeness (QED) is 0.156. The van der Waals surface area contributed by atoms with Crippen LogP contribution in [-0.4, -0.2) is 38.6 Å². The fraction of sp³-hybridized carbons (Fsp3) is 0.707. The fourth-order valence-corrected chi connectivity index (χ4v) is 5.96. The molecule has 0 amide bonds. The average Bonchev–Trinajstić information content (AvgIpc) is 3.94. The summed E-state index contributed by atoms with van der Waals surface area (Å²) in [6, 6.07) is 9.82. The minimum Gasteiger partial charge on any atom is -0.493 e. The predicted octanol–water partition coefficient (Wildman–Crippen LogP) is 10.4. The summed E-state index contributed by atoms with van der Waals surface area (Å²) in [7, 11) is 0. The minimum absolute atomic E-state index is 0.00626. The van der Waals surface area contributed by atoms with Crippen LogP contribution in [0.15, 0.2) is 24.3 Å². The molecule has 2 aliphatic heterocycles. The molecule has 2 aromatic carbocycles. The van der Waals surface area contributed by atoms with Crippen molar-refractivity contribution >= 4 is 0 Å². The van der Waals surface area contributed by atoms with Crippen molar-refractivity contribution in [3.05, 3.63) is 57.6 Å². The smallest absolute Gasteiger partial charge is 0.126 e. The Balaban J connectivity index is 1.85. The van der Waals surface area contributed by atoms with E-state index in [2.05, 4.69) is 107 Å². The molecule has 2 aromatic rings. The summed E-state index contributed by atoms with van der Waals surface area (Å²) in [6.07, 6.45) is 7.71. The van der Waals surface area contributed by atoms with E-state index in [9.17, 15) is 0 Å². The van der Waals surface area contributed by atoms with E-state index in [1.807, 2.05) is 0 Å². The van der Waals surface area contributed by atoms with Crippen LogP contribution in [0, 0.1) is 0 Å². The van der Waals surface area contributed by atoms with Gasteiger partial charge in [0.15, 0.2) is 0 Å². The van der Waals surface area contributed by atoms with Gasteiger partial charge in [0, 0.05) is 35.1 Å². The monoisotopic (exact) mass is 620 g/mol. The van der Waals surface area contributed by atoms with Gasteiger partial charge in [-0.1, -0.05) is 107 Å². The second kappa shape index (κ2) is 14.0. The molecule has 252 valence electrons. The first kappa shape index (κ1) is 35.8. The van der Waals surface area contributed by atoms with Crippen LogP contribution < -0.4 is 9.47 Å². The molecule has 0 N–H and O–H groups in total. The van der Waals surface area contributed by atoms with Gasteiger partial charge < -0.3 is 18.9 Å². The molecule has 2 aliphatic rings. The molecule has 45 heavy (non-hydrogen) atoms. The van der Waals surface area contributed by atoms with Gasteiger partial charge >= 0.3 is 0 Å². The van der Waals surface area contributed by atoms with Crippen LogP contribution in [0.5, 0.6) is 11.5 Å². The predicted molar refractivity (Wildman–Crippen MR) is 189 cm³/mol. The average molecular weight is 621 g/mol. The Labute approximate surface area is 276 Å². The third-order valence-corrected chi connectivity index (χ3v) is 11.3. The zero-order chi connectivity index (χ0) is 33.2. The summed E-state index contributed by atoms with van der Waals surface area (Å²) >= 11 is 0. The molecule has 0 bridgehead atoms. The number of benzene rings is 2. The van der Waals surface area contributed by atoms with Gasteiger partial charge in [0.1, 0.15) is 11.5 Å². The second-order valence-electron chi connectivity index (χ2n) is 16.4. The third-order valence-electron chi connectivity index (χ3n) is 11.3. The first-order valence-electron chi connectivity index (χ1n) is 17.9. The molecule has 4 heteroatoms. The lowest BCUT2D eigenvalue weighted by atomic mass is 9.73. The zero-order valence-corrected chi connectivity index (χ0v) is 30.9. The highest BCUT2D eigenvalue weighted by atomic mass is 16.6. The minimum atomic E-state index is -0.00626. The van der Waals surface area contributed by atoms with E-state index >= 15 is 0 Å². The topological polar surface area (TPSA) is 43.5 Å². The van der Waals surface area contributed by atoms with Crippen molar-refractivity contribution in [1.82, 2.24) is 0 Å². The highest BCUT2D eigenvalue weighted by Gasteiger charge is 2.34. The maximum absolute atomic E-state index is 6.73. The van der Waals surface area contributed by atoms with Crippen molar-refractivity contribution < 1.29 is 18.9 Å². The van der Waals surface area contributed by atoms with E-state index in [1.54, 1.807) is 0 Å². The molecular formula is C41H64O4. The maximum atomic E-state index is 6.73. The van der Waals surface area contributed by atoms with Gasteiger partial charge in [-0.3, -0.25) is 0 Å². The highest BCUT2D eigenvalue weighted by molar-refractivity contribution is 5.55. The number of epoxide rings is 2. The standard InChI is InChI=1S/C41H64O4/c1-13-38(5,6)32-22-28(23-33(39(7,8)14-2)36(32)42-19-17-30-26-44-30)21-29-24-34(40(9,10)15-3)37(43-20-18-31-27-45-31)35(25-29)41(11,12)16-4/h22-25,30-31H,13-21,26-27H2,1-12H3. The Morgan fingerprint density at radius 3 is 1.02 bits per heavy atom. The van der Waals surface area contributed by atoms with E-state index in [-0.39, 0.29) is 21.7 Å². The van der Waals surface area contributed by atoms with E-state index in [1.165, 1.54) is 33.4 Å². The molecule has 2 saturated heterocycles. The van der Waals surface area contributed by atoms with Crippen LogP contribution in [0.3, 0.4) is 0 Å². The lowest BCUT2D eigenvalue weighted by molar-refractivity contribution is 0.268. The number of hydrogen-bond acceptors (Lipinski definition) is 4. The SMILES string of the molecule is CCC(C)(C)c1cc(Cc2cc(C(C)(C)CC)c(OCCC3CO3)c(C(C)(C)CC)c2)cc(C(C)(C)CC)c1OCCC1CO1. The van der Waals surface area contributed by atoms with E-state index in [0.29, 0.717) is 25.4 Å². The molecule has 4 rings (SSSR count). The lowest BCUT2D eigenvalue weighted by Crippen LogP contribution is -2.25. The summed E-state index contributed by atoms with van der Waals surface area (Å²) < 4.78 is 24.5. The van der Waals surface area contributed by atoms with Crippen molar-refractivity contribution in [2.45, 2.75) is 162 Å². The summed E-state index contributed by atoms with van der Waals surface area (Å²) in [4.78, 5) is 0. The molecule has 0 radical (unpaired) electrons. The zero-order valence-electron chi connectivity index (χ0n) is 30.9. The molecule has 2 heterocycles. The van der Waals surface area contributed by atoms with Crippen molar-refractivity contribution in [1.29, 1.82) is 0 Å². The Morgan fingerprint density at radius 2 is 0.800 bits per heavy atom. The Bertz CT molecular complexity index is 1120. The van der Waals surface area contributed by atoms with Gasteiger partial charge in [0.25, 0.3) is 0 Å². The Kier molecular flexibility index (Phi) is 11.1. The molecule has 2 unspecified atom stereocenters. The number of hydrogen-bond donors (Lipinski definition) is 0. The third kappa shape index (κ3) is 8.66. The molecule has 2 atom stereocenters. The van der Waals surface area contributed by atoms with Gasteiger partial charge in [0.2, 0.25) is 0 Å². The molecular weight excluding hydrogens is 556 g/mol. The normalized spacial score (nSPS) is 18.7. The van der Waals surface area contributed by atoms with Gasteiger partial charge in [-0.2, -0.15) is 0 Å². The molecule has 2 fully saturated rings. The van der Waals surface area contributed by atoms with E-state index < -0.39 is 0 Å². The molecule has 0 aromatic heterocycles. The maximum Gasteiger partial charge on any atom is 0.126 e. The van der Waals surface area contributed by atoms with Crippen molar-refractivity contribution in [2.24, 2.45) is 0 Å². The van der Waals surface area contributed by atoms with Crippen molar-refractivity contribution in [3.8, 4) is 11.5 Å². The highest BCUT2D eigenvalue weighted by Crippen LogP contribution is 2.46. The summed E-state index contributed by atoms with van der Waals surface area (Å²) in [5.41, 5.74) is 8.04. The molecule has 4 nitrogen and oxygen atoms in total. The van der Waals surface area contributed by atoms with Gasteiger partial charge in [0.05, 0.1) is 38.6 Å². The van der Waals surface area contributed by atoms with Gasteiger partial charge in [-0.25, -0.2) is 0 Å². The fourth-order valence-electron chi connectivity index (χ4n) is 5.96. The van der Waals surface area contributed by atoms with Crippen LogP contribution in [0.1, 0.15) is 155 Å². The molecule has 0 saturated carbocycles. The summed E-state index contributed by atoms with van der Waals surface area (Å²) in [5.74, 6) is 2.20. The van der Waals surface area contributed by atoms with Crippen LogP contribution in [0.2, 0.25) is 0 Å². The number of rotatable bonds is 18. The summed E-state index contributed by atoms with van der Waals surface area (Å²) in [5, 5.41) is 0. The van der Waals surface area contributed by atoms with Crippen LogP contribution in [0.25, 0.3) is 0 Å². The van der Waals surface area contributed by atoms with Crippen molar-refractivity contribution in [3.63, 3.8) is 0 Å². The Morgan fingerprint density at radius 1 is 0.533 bits per heavy atom. The van der Waals surface area contributed by atoms with Gasteiger partial charge in [-0.05, 0) is 64.9 Å². The largest absolute Gasteiger partial charge is 0.493 e. The lowest BCUT2D eigenvalue weighted by Gasteiger charge is -2.34. The van der Waals surface area contributed by atoms with Crippen molar-refractivity contribution in [2.75, 3.05) is 26.4 Å². The Hall–Kier alpha value is -2.04. The first-order valence-corrected chi connectivity index (χ1v) is 17.9. The van der Waals surface area contributed by atoms with Crippen LogP contribution in [-0.2, 0) is 37.6 Å². The van der Waals surface area contributed by atoms with Gasteiger partial charge in [-0.15, -0.1) is 0 Å².